The molecule has 3 aromatic rings. The van der Waals surface area contributed by atoms with E-state index in [1.165, 1.54) is 16.8 Å². The summed E-state index contributed by atoms with van der Waals surface area (Å²) in [5.41, 5.74) is 4.64. The maximum Gasteiger partial charge on any atom is 0.256 e. The van der Waals surface area contributed by atoms with Crippen LogP contribution in [0.2, 0.25) is 0 Å². The SMILES string of the molecule is CN1CCC2(C1)CN(Cc1ccccc1)c1ccc(C(=O)Nc3ccn(C)n3)cc12. The lowest BCUT2D eigenvalue weighted by Crippen LogP contribution is -2.35. The average molecular weight is 402 g/mol. The third-order valence-corrected chi connectivity index (χ3v) is 6.38. The fraction of sp³-hybridized carbons (Fsp3) is 0.333. The molecule has 2 aliphatic heterocycles. The maximum atomic E-state index is 12.9. The van der Waals surface area contributed by atoms with Crippen molar-refractivity contribution in [1.82, 2.24) is 14.7 Å². The van der Waals surface area contributed by atoms with E-state index < -0.39 is 0 Å². The van der Waals surface area contributed by atoms with Crippen LogP contribution in [0.25, 0.3) is 0 Å². The zero-order valence-electron chi connectivity index (χ0n) is 17.5. The van der Waals surface area contributed by atoms with Gasteiger partial charge >= 0.3 is 0 Å². The number of carbonyl (C=O) groups is 1. The number of likely N-dealkylation sites (tertiary alicyclic amines) is 1. The molecule has 2 aromatic carbocycles. The van der Waals surface area contributed by atoms with Crippen molar-refractivity contribution in [2.75, 3.05) is 36.9 Å². The summed E-state index contributed by atoms with van der Waals surface area (Å²) in [6, 6.07) is 18.6. The number of hydrogen-bond donors (Lipinski definition) is 1. The van der Waals surface area contributed by atoms with Crippen LogP contribution >= 0.6 is 0 Å². The Balaban J connectivity index is 1.47. The molecule has 1 saturated heterocycles. The van der Waals surface area contributed by atoms with E-state index in [9.17, 15) is 4.79 Å². The van der Waals surface area contributed by atoms with E-state index in [0.717, 1.165) is 32.6 Å². The highest BCUT2D eigenvalue weighted by atomic mass is 16.1. The number of aromatic nitrogens is 2. The van der Waals surface area contributed by atoms with Crippen molar-refractivity contribution in [3.05, 3.63) is 77.5 Å². The Labute approximate surface area is 177 Å². The summed E-state index contributed by atoms with van der Waals surface area (Å²) in [5, 5.41) is 7.17. The highest BCUT2D eigenvalue weighted by Crippen LogP contribution is 2.47. The fourth-order valence-electron chi connectivity index (χ4n) is 4.96. The van der Waals surface area contributed by atoms with Crippen LogP contribution in [0.3, 0.4) is 0 Å². The van der Waals surface area contributed by atoms with Crippen molar-refractivity contribution in [2.24, 2.45) is 7.05 Å². The molecule has 1 aromatic heterocycles. The third-order valence-electron chi connectivity index (χ3n) is 6.38. The van der Waals surface area contributed by atoms with Gasteiger partial charge in [0.15, 0.2) is 5.82 Å². The minimum Gasteiger partial charge on any atom is -0.366 e. The van der Waals surface area contributed by atoms with E-state index >= 15 is 0 Å². The summed E-state index contributed by atoms with van der Waals surface area (Å²) in [6.45, 7) is 3.99. The lowest BCUT2D eigenvalue weighted by molar-refractivity contribution is 0.102. The summed E-state index contributed by atoms with van der Waals surface area (Å²) in [7, 11) is 4.03. The second kappa shape index (κ2) is 7.29. The Hall–Kier alpha value is -3.12. The molecule has 1 unspecified atom stereocenters. The standard InChI is InChI=1S/C24H27N5O/c1-27-13-11-24(16-27)17-29(15-18-6-4-3-5-7-18)21-9-8-19(14-20(21)24)23(30)25-22-10-12-28(2)26-22/h3-10,12,14H,11,13,15-17H2,1-2H3,(H,25,26,30). The minimum atomic E-state index is -0.112. The average Bonchev–Trinajstić information content (AvgIpc) is 3.41. The van der Waals surface area contributed by atoms with Crippen molar-refractivity contribution in [2.45, 2.75) is 18.4 Å². The number of fused-ring (bicyclic) bond motifs is 2. The summed E-state index contributed by atoms with van der Waals surface area (Å²) in [4.78, 5) is 17.8. The lowest BCUT2D eigenvalue weighted by atomic mass is 9.81. The molecule has 0 bridgehead atoms. The molecule has 0 radical (unpaired) electrons. The molecule has 30 heavy (non-hydrogen) atoms. The molecule has 1 atom stereocenters. The van der Waals surface area contributed by atoms with E-state index in [4.69, 9.17) is 0 Å². The first kappa shape index (κ1) is 18.9. The van der Waals surface area contributed by atoms with Crippen LogP contribution in [0, 0.1) is 0 Å². The molecule has 0 saturated carbocycles. The number of likely N-dealkylation sites (N-methyl/N-ethyl adjacent to an activating group) is 1. The van der Waals surface area contributed by atoms with Gasteiger partial charge in [-0.25, -0.2) is 0 Å². The van der Waals surface area contributed by atoms with Crippen LogP contribution < -0.4 is 10.2 Å². The van der Waals surface area contributed by atoms with E-state index in [1.54, 1.807) is 10.7 Å². The zero-order valence-corrected chi connectivity index (χ0v) is 17.5. The second-order valence-electron chi connectivity index (χ2n) is 8.67. The first-order chi connectivity index (χ1) is 14.5. The maximum absolute atomic E-state index is 12.9. The smallest absolute Gasteiger partial charge is 0.256 e. The van der Waals surface area contributed by atoms with Gasteiger partial charge in [0, 0.05) is 55.6 Å². The van der Waals surface area contributed by atoms with Crippen LogP contribution in [0.15, 0.2) is 60.8 Å². The summed E-state index contributed by atoms with van der Waals surface area (Å²) in [5.74, 6) is 0.462. The molecule has 5 rings (SSSR count). The predicted octanol–water partition coefficient (Wildman–Crippen LogP) is 3.27. The molecular weight excluding hydrogens is 374 g/mol. The number of amides is 1. The second-order valence-corrected chi connectivity index (χ2v) is 8.67. The number of carbonyl (C=O) groups excluding carboxylic acids is 1. The van der Waals surface area contributed by atoms with Gasteiger partial charge in [-0.2, -0.15) is 5.10 Å². The monoisotopic (exact) mass is 401 g/mol. The van der Waals surface area contributed by atoms with Crippen molar-refractivity contribution >= 4 is 17.4 Å². The number of benzene rings is 2. The molecule has 6 heteroatoms. The van der Waals surface area contributed by atoms with Crippen molar-refractivity contribution in [3.63, 3.8) is 0 Å². The van der Waals surface area contributed by atoms with Crippen LogP contribution in [-0.4, -0.2) is 47.3 Å². The topological polar surface area (TPSA) is 53.4 Å². The molecule has 3 heterocycles. The minimum absolute atomic E-state index is 0.0835. The van der Waals surface area contributed by atoms with Gasteiger partial charge in [0.25, 0.3) is 5.91 Å². The van der Waals surface area contributed by atoms with Gasteiger partial charge < -0.3 is 15.1 Å². The fourth-order valence-corrected chi connectivity index (χ4v) is 4.96. The molecule has 1 spiro atoms. The van der Waals surface area contributed by atoms with E-state index in [-0.39, 0.29) is 11.3 Å². The Morgan fingerprint density at radius 3 is 2.63 bits per heavy atom. The van der Waals surface area contributed by atoms with Gasteiger partial charge in [0.05, 0.1) is 0 Å². The molecule has 0 aliphatic carbocycles. The van der Waals surface area contributed by atoms with Gasteiger partial charge in [0.1, 0.15) is 0 Å². The van der Waals surface area contributed by atoms with Crippen LogP contribution in [0.5, 0.6) is 0 Å². The van der Waals surface area contributed by atoms with E-state index in [2.05, 4.69) is 69.7 Å². The van der Waals surface area contributed by atoms with Crippen molar-refractivity contribution in [1.29, 1.82) is 0 Å². The largest absolute Gasteiger partial charge is 0.366 e. The highest BCUT2D eigenvalue weighted by Gasteiger charge is 2.46. The number of nitrogens with zero attached hydrogens (tertiary/aromatic N) is 4. The molecule has 154 valence electrons. The molecular formula is C24H27N5O. The quantitative estimate of drug-likeness (QED) is 0.729. The normalized spacial score (nSPS) is 20.7. The third kappa shape index (κ3) is 3.37. The number of anilines is 2. The predicted molar refractivity (Wildman–Crippen MR) is 119 cm³/mol. The summed E-state index contributed by atoms with van der Waals surface area (Å²) >= 11 is 0. The Kier molecular flexibility index (Phi) is 4.59. The van der Waals surface area contributed by atoms with Crippen molar-refractivity contribution in [3.8, 4) is 0 Å². The molecule has 2 aliphatic rings. The Morgan fingerprint density at radius 1 is 1.10 bits per heavy atom. The first-order valence-corrected chi connectivity index (χ1v) is 10.5. The summed E-state index contributed by atoms with van der Waals surface area (Å²) in [6.07, 6.45) is 2.94. The van der Waals surface area contributed by atoms with Crippen LogP contribution in [-0.2, 0) is 19.0 Å². The van der Waals surface area contributed by atoms with Gasteiger partial charge in [0.2, 0.25) is 0 Å². The number of hydrogen-bond acceptors (Lipinski definition) is 4. The molecule has 6 nitrogen and oxygen atoms in total. The Bertz CT molecular complexity index is 1080. The van der Waals surface area contributed by atoms with Gasteiger partial charge in [-0.1, -0.05) is 30.3 Å². The van der Waals surface area contributed by atoms with Crippen LogP contribution in [0.1, 0.15) is 27.9 Å². The molecule has 1 N–H and O–H groups in total. The van der Waals surface area contributed by atoms with Gasteiger partial charge in [-0.15, -0.1) is 0 Å². The van der Waals surface area contributed by atoms with E-state index in [0.29, 0.717) is 11.4 Å². The number of aryl methyl sites for hydroxylation is 1. The highest BCUT2D eigenvalue weighted by molar-refractivity contribution is 6.04. The number of rotatable bonds is 4. The van der Waals surface area contributed by atoms with Crippen LogP contribution in [0.4, 0.5) is 11.5 Å². The summed E-state index contributed by atoms with van der Waals surface area (Å²) < 4.78 is 1.68. The Morgan fingerprint density at radius 2 is 1.93 bits per heavy atom. The first-order valence-electron chi connectivity index (χ1n) is 10.5. The molecule has 1 amide bonds. The van der Waals surface area contributed by atoms with Crippen molar-refractivity contribution < 1.29 is 4.79 Å². The zero-order chi connectivity index (χ0) is 20.7. The van der Waals surface area contributed by atoms with Gasteiger partial charge in [-0.3, -0.25) is 9.48 Å². The lowest BCUT2D eigenvalue weighted by Gasteiger charge is -2.26. The number of nitrogens with one attached hydrogen (secondary N) is 1. The molecule has 1 fully saturated rings. The van der Waals surface area contributed by atoms with E-state index in [1.807, 2.05) is 19.3 Å². The van der Waals surface area contributed by atoms with Gasteiger partial charge in [-0.05, 0) is 49.3 Å².